The Labute approximate surface area is 184 Å². The topological polar surface area (TPSA) is 107 Å². The van der Waals surface area contributed by atoms with E-state index in [1.54, 1.807) is 37.5 Å². The van der Waals surface area contributed by atoms with Crippen molar-refractivity contribution in [3.63, 3.8) is 0 Å². The molecule has 1 saturated carbocycles. The minimum atomic E-state index is -1.49. The fourth-order valence-electron chi connectivity index (χ4n) is 3.82. The molecule has 1 amide bonds. The zero-order chi connectivity index (χ0) is 22.3. The summed E-state index contributed by atoms with van der Waals surface area (Å²) in [5.41, 5.74) is 7.16. The molecular weight excluding hydrogens is 411 g/mol. The quantitative estimate of drug-likeness (QED) is 0.642. The van der Waals surface area contributed by atoms with Crippen molar-refractivity contribution < 1.29 is 13.9 Å². The van der Waals surface area contributed by atoms with Crippen LogP contribution in [0.2, 0.25) is 0 Å². The van der Waals surface area contributed by atoms with Gasteiger partial charge in [0, 0.05) is 25.0 Å². The highest BCUT2D eigenvalue weighted by Gasteiger charge is 2.50. The van der Waals surface area contributed by atoms with Crippen LogP contribution in [0.15, 0.2) is 59.9 Å². The first-order valence-electron chi connectivity index (χ1n) is 10.3. The van der Waals surface area contributed by atoms with Crippen LogP contribution in [0.1, 0.15) is 29.7 Å². The van der Waals surface area contributed by atoms with Gasteiger partial charge in [-0.1, -0.05) is 0 Å². The molecule has 3 aromatic rings. The van der Waals surface area contributed by atoms with Gasteiger partial charge in [-0.2, -0.15) is 10.2 Å². The maximum absolute atomic E-state index is 13.6. The van der Waals surface area contributed by atoms with E-state index in [0.29, 0.717) is 22.6 Å². The molecule has 8 nitrogen and oxygen atoms in total. The van der Waals surface area contributed by atoms with Crippen molar-refractivity contribution in [2.75, 3.05) is 7.05 Å². The lowest BCUT2D eigenvalue weighted by Gasteiger charge is -2.27. The van der Waals surface area contributed by atoms with E-state index >= 15 is 0 Å². The highest BCUT2D eigenvalue weighted by atomic mass is 19.1. The predicted molar refractivity (Wildman–Crippen MR) is 115 cm³/mol. The maximum atomic E-state index is 13.6. The highest BCUT2D eigenvalue weighted by molar-refractivity contribution is 6.09. The number of nitrogens with two attached hydrogens (primary N) is 1. The summed E-state index contributed by atoms with van der Waals surface area (Å²) in [4.78, 5) is 23.5. The first kappa shape index (κ1) is 20.0. The summed E-state index contributed by atoms with van der Waals surface area (Å²) in [5.74, 6) is 0.323. The fraction of sp³-hybridized carbons (Fsp3) is 0.261. The number of carbonyl (C=O) groups excluding carboxylic acids is 1. The number of amides is 1. The molecule has 1 aliphatic heterocycles. The average Bonchev–Trinajstić information content (AvgIpc) is 3.62. The molecule has 3 heterocycles. The number of halogens is 1. The van der Waals surface area contributed by atoms with Crippen molar-refractivity contribution in [3.8, 4) is 17.0 Å². The van der Waals surface area contributed by atoms with Crippen molar-refractivity contribution in [3.05, 3.63) is 71.7 Å². The monoisotopic (exact) mass is 432 g/mol. The third kappa shape index (κ3) is 3.35. The van der Waals surface area contributed by atoms with E-state index in [2.05, 4.69) is 20.2 Å². The SMILES string of the molecule is CN1C(=O)C(c2cc(OC3CC3)cc(-c3cccnn3)c2)(c2ccnc(CF)c2)N=C1N. The molecule has 0 bridgehead atoms. The minimum Gasteiger partial charge on any atom is -0.490 e. The van der Waals surface area contributed by atoms with Gasteiger partial charge in [-0.3, -0.25) is 14.7 Å². The second-order valence-corrected chi connectivity index (χ2v) is 7.89. The molecule has 32 heavy (non-hydrogen) atoms. The normalized spacial score (nSPS) is 20.4. The van der Waals surface area contributed by atoms with E-state index < -0.39 is 12.2 Å². The highest BCUT2D eigenvalue weighted by Crippen LogP contribution is 2.42. The van der Waals surface area contributed by atoms with Crippen molar-refractivity contribution in [1.82, 2.24) is 20.1 Å². The number of hydrogen-bond acceptors (Lipinski definition) is 7. The van der Waals surface area contributed by atoms with Crippen LogP contribution >= 0.6 is 0 Å². The number of benzene rings is 1. The van der Waals surface area contributed by atoms with Crippen LogP contribution in [0.4, 0.5) is 4.39 Å². The van der Waals surface area contributed by atoms with Crippen LogP contribution in [0.3, 0.4) is 0 Å². The Balaban J connectivity index is 1.75. The Morgan fingerprint density at radius 3 is 2.69 bits per heavy atom. The predicted octanol–water partition coefficient (Wildman–Crippen LogP) is 2.58. The molecule has 1 aromatic carbocycles. The van der Waals surface area contributed by atoms with E-state index in [1.165, 1.54) is 11.1 Å². The number of nitrogens with zero attached hydrogens (tertiary/aromatic N) is 5. The van der Waals surface area contributed by atoms with Crippen LogP contribution in [0, 0.1) is 0 Å². The summed E-state index contributed by atoms with van der Waals surface area (Å²) in [6.07, 6.45) is 5.16. The second-order valence-electron chi connectivity index (χ2n) is 7.89. The Bertz CT molecular complexity index is 1210. The van der Waals surface area contributed by atoms with Gasteiger partial charge in [0.25, 0.3) is 5.91 Å². The summed E-state index contributed by atoms with van der Waals surface area (Å²) in [6.45, 7) is -0.761. The van der Waals surface area contributed by atoms with Gasteiger partial charge in [0.2, 0.25) is 0 Å². The largest absolute Gasteiger partial charge is 0.490 e. The van der Waals surface area contributed by atoms with E-state index in [9.17, 15) is 9.18 Å². The van der Waals surface area contributed by atoms with Gasteiger partial charge < -0.3 is 10.5 Å². The van der Waals surface area contributed by atoms with Gasteiger partial charge in [-0.15, -0.1) is 0 Å². The summed E-state index contributed by atoms with van der Waals surface area (Å²) >= 11 is 0. The van der Waals surface area contributed by atoms with Gasteiger partial charge >= 0.3 is 0 Å². The molecule has 9 heteroatoms. The number of alkyl halides is 1. The van der Waals surface area contributed by atoms with Crippen molar-refractivity contribution >= 4 is 11.9 Å². The Hall–Kier alpha value is -3.88. The van der Waals surface area contributed by atoms with Gasteiger partial charge in [0.05, 0.1) is 17.5 Å². The molecule has 1 fully saturated rings. The standard InChI is InChI=1S/C23H21FN6O2/c1-30-21(31)23(28-22(30)25,15-6-8-26-17(11-15)13-24)16-9-14(20-3-2-7-27-29-20)10-19(12-16)32-18-4-5-18/h2-3,6-12,18H,4-5,13H2,1H3,(H2,25,28). The zero-order valence-corrected chi connectivity index (χ0v) is 17.4. The maximum Gasteiger partial charge on any atom is 0.266 e. The third-order valence-electron chi connectivity index (χ3n) is 5.63. The molecule has 162 valence electrons. The summed E-state index contributed by atoms with van der Waals surface area (Å²) in [6, 6.07) is 12.3. The molecule has 2 aliphatic rings. The lowest BCUT2D eigenvalue weighted by atomic mass is 9.82. The Morgan fingerprint density at radius 1 is 1.19 bits per heavy atom. The summed E-state index contributed by atoms with van der Waals surface area (Å²) in [5, 5.41) is 8.17. The number of ether oxygens (including phenoxy) is 1. The van der Waals surface area contributed by atoms with E-state index in [0.717, 1.165) is 18.4 Å². The number of carbonyl (C=O) groups is 1. The molecular formula is C23H21FN6O2. The van der Waals surface area contributed by atoms with E-state index in [1.807, 2.05) is 18.2 Å². The number of likely N-dealkylation sites (N-methyl/N-ethyl adjacent to an activating group) is 1. The number of guanidine groups is 1. The molecule has 1 atom stereocenters. The molecule has 2 N–H and O–H groups in total. The van der Waals surface area contributed by atoms with Gasteiger partial charge in [0.15, 0.2) is 11.5 Å². The number of pyridine rings is 1. The number of aromatic nitrogens is 3. The number of aliphatic imine (C=N–C) groups is 1. The second kappa shape index (κ2) is 7.67. The average molecular weight is 432 g/mol. The van der Waals surface area contributed by atoms with Crippen molar-refractivity contribution in [2.45, 2.75) is 31.2 Å². The van der Waals surface area contributed by atoms with Crippen LogP contribution < -0.4 is 10.5 Å². The Kier molecular flexibility index (Phi) is 4.80. The van der Waals surface area contributed by atoms with E-state index in [4.69, 9.17) is 10.5 Å². The molecule has 0 spiro atoms. The van der Waals surface area contributed by atoms with Crippen LogP contribution in [-0.2, 0) is 17.0 Å². The van der Waals surface area contributed by atoms with Crippen LogP contribution in [-0.4, -0.2) is 45.1 Å². The van der Waals surface area contributed by atoms with Crippen molar-refractivity contribution in [1.29, 1.82) is 0 Å². The first-order chi connectivity index (χ1) is 15.5. The van der Waals surface area contributed by atoms with Gasteiger partial charge in [-0.25, -0.2) is 9.38 Å². The molecule has 1 unspecified atom stereocenters. The lowest BCUT2D eigenvalue weighted by Crippen LogP contribution is -2.41. The molecule has 0 saturated heterocycles. The molecule has 0 radical (unpaired) electrons. The third-order valence-corrected chi connectivity index (χ3v) is 5.63. The van der Waals surface area contributed by atoms with Crippen molar-refractivity contribution in [2.24, 2.45) is 10.7 Å². The first-order valence-corrected chi connectivity index (χ1v) is 10.3. The smallest absolute Gasteiger partial charge is 0.266 e. The number of hydrogen-bond donors (Lipinski definition) is 1. The molecule has 1 aliphatic carbocycles. The molecule has 2 aromatic heterocycles. The minimum absolute atomic E-state index is 0.0724. The van der Waals surface area contributed by atoms with Gasteiger partial charge in [0.1, 0.15) is 12.4 Å². The van der Waals surface area contributed by atoms with Crippen LogP contribution in [0.25, 0.3) is 11.3 Å². The fourth-order valence-corrected chi connectivity index (χ4v) is 3.82. The lowest BCUT2D eigenvalue weighted by molar-refractivity contribution is -0.129. The zero-order valence-electron chi connectivity index (χ0n) is 17.4. The molecule has 5 rings (SSSR count). The summed E-state index contributed by atoms with van der Waals surface area (Å²) < 4.78 is 19.5. The number of rotatable bonds is 6. The van der Waals surface area contributed by atoms with E-state index in [-0.39, 0.29) is 23.7 Å². The Morgan fingerprint density at radius 2 is 2.03 bits per heavy atom. The van der Waals surface area contributed by atoms with Gasteiger partial charge in [-0.05, 0) is 66.4 Å². The summed E-state index contributed by atoms with van der Waals surface area (Å²) in [7, 11) is 1.56. The van der Waals surface area contributed by atoms with Crippen LogP contribution in [0.5, 0.6) is 5.75 Å².